The van der Waals surface area contributed by atoms with Gasteiger partial charge in [-0.05, 0) is 42.8 Å². The lowest BCUT2D eigenvalue weighted by atomic mass is 10.1. The molecule has 1 heterocycles. The smallest absolute Gasteiger partial charge is 0.266 e. The van der Waals surface area contributed by atoms with E-state index in [1.54, 1.807) is 30.3 Å². The average Bonchev–Trinajstić information content (AvgIpc) is 2.61. The first-order valence-corrected chi connectivity index (χ1v) is 7.55. The standard InChI is InChI=1S/C19H16N2O3/c1-13-2-5-16(6-3-13)21-19(22)15(12-20)10-14-4-7-17-18(11-14)24-9-8-23-17/h2-7,10-11H,8-9H2,1H3,(H,21,22)/b15-10+. The van der Waals surface area contributed by atoms with Crippen molar-refractivity contribution in [2.24, 2.45) is 0 Å². The molecule has 0 saturated carbocycles. The van der Waals surface area contributed by atoms with Crippen molar-refractivity contribution in [3.05, 3.63) is 59.2 Å². The van der Waals surface area contributed by atoms with Crippen molar-refractivity contribution < 1.29 is 14.3 Å². The van der Waals surface area contributed by atoms with E-state index in [9.17, 15) is 10.1 Å². The zero-order chi connectivity index (χ0) is 16.9. The van der Waals surface area contributed by atoms with Crippen molar-refractivity contribution in [1.29, 1.82) is 5.26 Å². The van der Waals surface area contributed by atoms with Crippen molar-refractivity contribution in [3.63, 3.8) is 0 Å². The van der Waals surface area contributed by atoms with Gasteiger partial charge in [-0.15, -0.1) is 0 Å². The molecule has 0 unspecified atom stereocenters. The van der Waals surface area contributed by atoms with Crippen molar-refractivity contribution in [2.45, 2.75) is 6.92 Å². The number of hydrogen-bond donors (Lipinski definition) is 1. The van der Waals surface area contributed by atoms with Gasteiger partial charge in [0.25, 0.3) is 5.91 Å². The fourth-order valence-corrected chi connectivity index (χ4v) is 2.30. The molecular weight excluding hydrogens is 304 g/mol. The van der Waals surface area contributed by atoms with Gasteiger partial charge in [-0.3, -0.25) is 4.79 Å². The molecule has 3 rings (SSSR count). The summed E-state index contributed by atoms with van der Waals surface area (Å²) in [6.07, 6.45) is 1.53. The molecule has 0 spiro atoms. The van der Waals surface area contributed by atoms with Gasteiger partial charge in [0.05, 0.1) is 0 Å². The average molecular weight is 320 g/mol. The van der Waals surface area contributed by atoms with Crippen LogP contribution in [0.2, 0.25) is 0 Å². The van der Waals surface area contributed by atoms with Gasteiger partial charge in [0.15, 0.2) is 11.5 Å². The highest BCUT2D eigenvalue weighted by atomic mass is 16.6. The summed E-state index contributed by atoms with van der Waals surface area (Å²) >= 11 is 0. The maximum atomic E-state index is 12.3. The second-order valence-electron chi connectivity index (χ2n) is 5.39. The van der Waals surface area contributed by atoms with E-state index in [1.165, 1.54) is 6.08 Å². The summed E-state index contributed by atoms with van der Waals surface area (Å²) in [4.78, 5) is 12.3. The SMILES string of the molecule is Cc1ccc(NC(=O)/C(C#N)=C/c2ccc3c(c2)OCCO3)cc1. The van der Waals surface area contributed by atoms with Crippen molar-refractivity contribution in [1.82, 2.24) is 0 Å². The molecule has 0 saturated heterocycles. The maximum Gasteiger partial charge on any atom is 0.266 e. The normalized spacial score (nSPS) is 13.1. The highest BCUT2D eigenvalue weighted by Gasteiger charge is 2.13. The topological polar surface area (TPSA) is 71.4 Å². The molecule has 0 aromatic heterocycles. The van der Waals surface area contributed by atoms with Crippen molar-refractivity contribution in [3.8, 4) is 17.6 Å². The van der Waals surface area contributed by atoms with E-state index in [2.05, 4.69) is 5.32 Å². The minimum absolute atomic E-state index is 0.0206. The minimum Gasteiger partial charge on any atom is -0.486 e. The van der Waals surface area contributed by atoms with Gasteiger partial charge >= 0.3 is 0 Å². The number of anilines is 1. The van der Waals surface area contributed by atoms with Crippen molar-refractivity contribution in [2.75, 3.05) is 18.5 Å². The van der Waals surface area contributed by atoms with Crippen LogP contribution in [0.4, 0.5) is 5.69 Å². The van der Waals surface area contributed by atoms with Crippen LogP contribution in [-0.2, 0) is 4.79 Å². The highest BCUT2D eigenvalue weighted by Crippen LogP contribution is 2.31. The Hall–Kier alpha value is -3.26. The number of carbonyl (C=O) groups excluding carboxylic acids is 1. The predicted molar refractivity (Wildman–Crippen MR) is 90.8 cm³/mol. The molecule has 5 heteroatoms. The molecule has 24 heavy (non-hydrogen) atoms. The second kappa shape index (κ2) is 6.88. The predicted octanol–water partition coefficient (Wildman–Crippen LogP) is 3.31. The Labute approximate surface area is 140 Å². The molecule has 2 aromatic carbocycles. The summed E-state index contributed by atoms with van der Waals surface area (Å²) in [7, 11) is 0. The first kappa shape index (κ1) is 15.6. The summed E-state index contributed by atoms with van der Waals surface area (Å²) in [5.41, 5.74) is 2.47. The fourth-order valence-electron chi connectivity index (χ4n) is 2.30. The summed E-state index contributed by atoms with van der Waals surface area (Å²) in [5, 5.41) is 12.0. The first-order chi connectivity index (χ1) is 11.7. The van der Waals surface area contributed by atoms with Crippen LogP contribution in [0.1, 0.15) is 11.1 Å². The third-order valence-corrected chi connectivity index (χ3v) is 3.55. The number of amides is 1. The number of benzene rings is 2. The van der Waals surface area contributed by atoms with Crippen LogP contribution in [0.25, 0.3) is 6.08 Å². The number of nitrogens with zero attached hydrogens (tertiary/aromatic N) is 1. The van der Waals surface area contributed by atoms with Gasteiger partial charge in [-0.2, -0.15) is 5.26 Å². The maximum absolute atomic E-state index is 12.3. The molecule has 0 bridgehead atoms. The van der Waals surface area contributed by atoms with E-state index in [1.807, 2.05) is 25.1 Å². The molecule has 0 radical (unpaired) electrons. The molecule has 120 valence electrons. The van der Waals surface area contributed by atoms with Crippen LogP contribution >= 0.6 is 0 Å². The summed E-state index contributed by atoms with van der Waals surface area (Å²) < 4.78 is 11.0. The Morgan fingerprint density at radius 3 is 2.54 bits per heavy atom. The highest BCUT2D eigenvalue weighted by molar-refractivity contribution is 6.09. The lowest BCUT2D eigenvalue weighted by molar-refractivity contribution is -0.112. The van der Waals surface area contributed by atoms with E-state index in [-0.39, 0.29) is 5.57 Å². The molecule has 0 atom stereocenters. The second-order valence-corrected chi connectivity index (χ2v) is 5.39. The number of carbonyl (C=O) groups is 1. The lowest BCUT2D eigenvalue weighted by Gasteiger charge is -2.18. The van der Waals surface area contributed by atoms with Gasteiger partial charge in [-0.25, -0.2) is 0 Å². The number of hydrogen-bond acceptors (Lipinski definition) is 4. The van der Waals surface area contributed by atoms with Crippen LogP contribution in [0.5, 0.6) is 11.5 Å². The van der Waals surface area contributed by atoms with Crippen LogP contribution in [-0.4, -0.2) is 19.1 Å². The van der Waals surface area contributed by atoms with E-state index >= 15 is 0 Å². The van der Waals surface area contributed by atoms with Gasteiger partial charge in [0.2, 0.25) is 0 Å². The van der Waals surface area contributed by atoms with Crippen molar-refractivity contribution >= 4 is 17.7 Å². The van der Waals surface area contributed by atoms with Crippen LogP contribution < -0.4 is 14.8 Å². The third-order valence-electron chi connectivity index (χ3n) is 3.55. The molecule has 5 nitrogen and oxygen atoms in total. The summed E-state index contributed by atoms with van der Waals surface area (Å²) in [6.45, 7) is 2.97. The van der Waals surface area contributed by atoms with Gasteiger partial charge in [0.1, 0.15) is 24.9 Å². The first-order valence-electron chi connectivity index (χ1n) is 7.55. The number of ether oxygens (including phenoxy) is 2. The zero-order valence-electron chi connectivity index (χ0n) is 13.2. The lowest BCUT2D eigenvalue weighted by Crippen LogP contribution is -2.15. The number of aryl methyl sites for hydroxylation is 1. The Morgan fingerprint density at radius 1 is 1.12 bits per heavy atom. The monoisotopic (exact) mass is 320 g/mol. The summed E-state index contributed by atoms with van der Waals surface area (Å²) in [6, 6.07) is 14.6. The Kier molecular flexibility index (Phi) is 4.48. The van der Waals surface area contributed by atoms with E-state index < -0.39 is 5.91 Å². The van der Waals surface area contributed by atoms with E-state index in [0.29, 0.717) is 36.0 Å². The van der Waals surface area contributed by atoms with Gasteiger partial charge in [0, 0.05) is 5.69 Å². The molecular formula is C19H16N2O3. The fraction of sp³-hybridized carbons (Fsp3) is 0.158. The van der Waals surface area contributed by atoms with Crippen LogP contribution in [0.15, 0.2) is 48.0 Å². The molecule has 1 aliphatic heterocycles. The minimum atomic E-state index is -0.448. The van der Waals surface area contributed by atoms with E-state index in [0.717, 1.165) is 5.56 Å². The summed E-state index contributed by atoms with van der Waals surface area (Å²) in [5.74, 6) is 0.837. The quantitative estimate of drug-likeness (QED) is 0.695. The number of fused-ring (bicyclic) bond motifs is 1. The molecule has 2 aromatic rings. The number of nitrogens with one attached hydrogen (secondary N) is 1. The Morgan fingerprint density at radius 2 is 1.83 bits per heavy atom. The van der Waals surface area contributed by atoms with E-state index in [4.69, 9.17) is 9.47 Å². The number of rotatable bonds is 3. The van der Waals surface area contributed by atoms with Gasteiger partial charge in [-0.1, -0.05) is 23.8 Å². The molecule has 1 aliphatic rings. The molecule has 1 N–H and O–H groups in total. The van der Waals surface area contributed by atoms with Crippen LogP contribution in [0, 0.1) is 18.3 Å². The third kappa shape index (κ3) is 3.55. The van der Waals surface area contributed by atoms with Gasteiger partial charge < -0.3 is 14.8 Å². The molecule has 0 fully saturated rings. The Bertz CT molecular complexity index is 833. The molecule has 0 aliphatic carbocycles. The molecule has 1 amide bonds. The van der Waals surface area contributed by atoms with Crippen LogP contribution in [0.3, 0.4) is 0 Å². The largest absolute Gasteiger partial charge is 0.486 e. The zero-order valence-corrected chi connectivity index (χ0v) is 13.2. The Balaban J connectivity index is 1.80. The number of nitriles is 1.